The highest BCUT2D eigenvalue weighted by Crippen LogP contribution is 2.32. The molecule has 20 heavy (non-hydrogen) atoms. The Labute approximate surface area is 119 Å². The largest absolute Gasteiger partial charge is 0.462 e. The van der Waals surface area contributed by atoms with Crippen molar-refractivity contribution in [3.63, 3.8) is 0 Å². The molecule has 5 heteroatoms. The molecule has 110 valence electrons. The number of piperidine rings is 1. The maximum Gasteiger partial charge on any atom is 0.341 e. The Morgan fingerprint density at radius 1 is 1.30 bits per heavy atom. The van der Waals surface area contributed by atoms with Crippen LogP contribution in [0.2, 0.25) is 0 Å². The van der Waals surface area contributed by atoms with Gasteiger partial charge in [-0.15, -0.1) is 0 Å². The molecule has 0 bridgehead atoms. The number of nitrogens with zero attached hydrogens (tertiary/aromatic N) is 3. The second kappa shape index (κ2) is 5.56. The zero-order chi connectivity index (χ0) is 14.1. The topological polar surface area (TPSA) is 47.4 Å². The van der Waals surface area contributed by atoms with E-state index in [0.717, 1.165) is 37.7 Å². The van der Waals surface area contributed by atoms with Crippen molar-refractivity contribution in [2.45, 2.75) is 51.6 Å². The monoisotopic (exact) mass is 277 g/mol. The van der Waals surface area contributed by atoms with Gasteiger partial charge in [0, 0.05) is 19.1 Å². The summed E-state index contributed by atoms with van der Waals surface area (Å²) in [5, 5.41) is 4.43. The van der Waals surface area contributed by atoms with Gasteiger partial charge in [0.1, 0.15) is 5.56 Å². The van der Waals surface area contributed by atoms with Gasteiger partial charge in [-0.05, 0) is 39.5 Å². The molecule has 1 aliphatic carbocycles. The molecule has 0 radical (unpaired) electrons. The van der Waals surface area contributed by atoms with Crippen molar-refractivity contribution in [1.82, 2.24) is 14.7 Å². The van der Waals surface area contributed by atoms with E-state index in [-0.39, 0.29) is 5.97 Å². The standard InChI is InChI=1S/C15H23N3O2/c1-3-20-15(19)14-10-16-18(11(14)2)13-6-8-17(9-7-13)12-4-5-12/h10,12-13H,3-9H2,1-2H3. The minimum absolute atomic E-state index is 0.258. The summed E-state index contributed by atoms with van der Waals surface area (Å²) >= 11 is 0. The van der Waals surface area contributed by atoms with E-state index in [4.69, 9.17) is 4.74 Å². The Morgan fingerprint density at radius 3 is 2.60 bits per heavy atom. The summed E-state index contributed by atoms with van der Waals surface area (Å²) in [5.41, 5.74) is 1.55. The molecule has 0 atom stereocenters. The van der Waals surface area contributed by atoms with Crippen LogP contribution in [0.5, 0.6) is 0 Å². The molecule has 1 aromatic heterocycles. The second-order valence-corrected chi connectivity index (χ2v) is 5.81. The molecule has 1 aliphatic heterocycles. The molecule has 0 spiro atoms. The highest BCUT2D eigenvalue weighted by Gasteiger charge is 2.33. The fourth-order valence-electron chi connectivity index (χ4n) is 3.14. The van der Waals surface area contributed by atoms with E-state index in [1.54, 1.807) is 6.20 Å². The van der Waals surface area contributed by atoms with Gasteiger partial charge in [-0.1, -0.05) is 0 Å². The summed E-state index contributed by atoms with van der Waals surface area (Å²) < 4.78 is 7.09. The van der Waals surface area contributed by atoms with Crippen LogP contribution < -0.4 is 0 Å². The third-order valence-electron chi connectivity index (χ3n) is 4.45. The van der Waals surface area contributed by atoms with Crippen LogP contribution >= 0.6 is 0 Å². The van der Waals surface area contributed by atoms with Crippen LogP contribution in [0.4, 0.5) is 0 Å². The average Bonchev–Trinajstić information content (AvgIpc) is 3.23. The zero-order valence-corrected chi connectivity index (χ0v) is 12.3. The summed E-state index contributed by atoms with van der Waals surface area (Å²) in [6.45, 7) is 6.51. The van der Waals surface area contributed by atoms with Gasteiger partial charge in [-0.3, -0.25) is 4.68 Å². The highest BCUT2D eigenvalue weighted by atomic mass is 16.5. The van der Waals surface area contributed by atoms with Gasteiger partial charge in [-0.25, -0.2) is 4.79 Å². The molecule has 1 saturated carbocycles. The predicted octanol–water partition coefficient (Wildman–Crippen LogP) is 2.17. The van der Waals surface area contributed by atoms with Crippen molar-refractivity contribution in [2.24, 2.45) is 0 Å². The van der Waals surface area contributed by atoms with Crippen molar-refractivity contribution in [3.05, 3.63) is 17.5 Å². The fraction of sp³-hybridized carbons (Fsp3) is 0.733. The van der Waals surface area contributed by atoms with E-state index < -0.39 is 0 Å². The van der Waals surface area contributed by atoms with Gasteiger partial charge < -0.3 is 9.64 Å². The Balaban J connectivity index is 1.67. The molecule has 0 amide bonds. The van der Waals surface area contributed by atoms with E-state index in [9.17, 15) is 4.79 Å². The van der Waals surface area contributed by atoms with Crippen LogP contribution in [0, 0.1) is 6.92 Å². The maximum absolute atomic E-state index is 11.8. The van der Waals surface area contributed by atoms with E-state index in [2.05, 4.69) is 10.00 Å². The number of carbonyl (C=O) groups excluding carboxylic acids is 1. The van der Waals surface area contributed by atoms with Crippen molar-refractivity contribution >= 4 is 5.97 Å². The number of esters is 1. The van der Waals surface area contributed by atoms with Crippen LogP contribution in [0.15, 0.2) is 6.20 Å². The molecule has 2 fully saturated rings. The molecule has 0 aromatic carbocycles. The van der Waals surface area contributed by atoms with Gasteiger partial charge in [0.15, 0.2) is 0 Å². The molecule has 3 rings (SSSR count). The Kier molecular flexibility index (Phi) is 3.78. The first kappa shape index (κ1) is 13.6. The molecular weight excluding hydrogens is 254 g/mol. The van der Waals surface area contributed by atoms with Crippen LogP contribution in [0.1, 0.15) is 54.7 Å². The number of ether oxygens (including phenoxy) is 1. The first-order valence-corrected chi connectivity index (χ1v) is 7.66. The van der Waals surface area contributed by atoms with E-state index in [1.165, 1.54) is 12.8 Å². The van der Waals surface area contributed by atoms with Crippen molar-refractivity contribution < 1.29 is 9.53 Å². The van der Waals surface area contributed by atoms with Crippen LogP contribution in [0.3, 0.4) is 0 Å². The number of rotatable bonds is 4. The molecular formula is C15H23N3O2. The smallest absolute Gasteiger partial charge is 0.341 e. The molecule has 1 saturated heterocycles. The van der Waals surface area contributed by atoms with Gasteiger partial charge in [0.2, 0.25) is 0 Å². The minimum Gasteiger partial charge on any atom is -0.462 e. The van der Waals surface area contributed by atoms with Gasteiger partial charge in [-0.2, -0.15) is 5.10 Å². The molecule has 5 nitrogen and oxygen atoms in total. The summed E-state index contributed by atoms with van der Waals surface area (Å²) in [5.74, 6) is -0.258. The normalized spacial score (nSPS) is 21.1. The third-order valence-corrected chi connectivity index (χ3v) is 4.45. The number of hydrogen-bond acceptors (Lipinski definition) is 4. The average molecular weight is 277 g/mol. The van der Waals surface area contributed by atoms with Crippen LogP contribution in [-0.4, -0.2) is 46.4 Å². The summed E-state index contributed by atoms with van der Waals surface area (Å²) in [6, 6.07) is 1.28. The van der Waals surface area contributed by atoms with Crippen molar-refractivity contribution in [2.75, 3.05) is 19.7 Å². The molecule has 0 N–H and O–H groups in total. The lowest BCUT2D eigenvalue weighted by Gasteiger charge is -2.32. The number of aromatic nitrogens is 2. The molecule has 2 heterocycles. The lowest BCUT2D eigenvalue weighted by atomic mass is 10.0. The minimum atomic E-state index is -0.258. The van der Waals surface area contributed by atoms with Gasteiger partial charge in [0.25, 0.3) is 0 Å². The lowest BCUT2D eigenvalue weighted by molar-refractivity contribution is 0.0525. The van der Waals surface area contributed by atoms with E-state index >= 15 is 0 Å². The van der Waals surface area contributed by atoms with Crippen LogP contribution in [0.25, 0.3) is 0 Å². The van der Waals surface area contributed by atoms with Gasteiger partial charge in [0.05, 0.1) is 24.5 Å². The van der Waals surface area contributed by atoms with Crippen molar-refractivity contribution in [3.8, 4) is 0 Å². The number of likely N-dealkylation sites (tertiary alicyclic amines) is 1. The molecule has 2 aliphatic rings. The molecule has 0 unspecified atom stereocenters. The number of hydrogen-bond donors (Lipinski definition) is 0. The quantitative estimate of drug-likeness (QED) is 0.791. The Hall–Kier alpha value is -1.36. The predicted molar refractivity (Wildman–Crippen MR) is 75.8 cm³/mol. The first-order chi connectivity index (χ1) is 9.70. The maximum atomic E-state index is 11.8. The fourth-order valence-corrected chi connectivity index (χ4v) is 3.14. The summed E-state index contributed by atoms with van der Waals surface area (Å²) in [6.07, 6.45) is 6.65. The van der Waals surface area contributed by atoms with Crippen molar-refractivity contribution in [1.29, 1.82) is 0 Å². The second-order valence-electron chi connectivity index (χ2n) is 5.81. The third kappa shape index (κ3) is 2.59. The van der Waals surface area contributed by atoms with Crippen LogP contribution in [-0.2, 0) is 4.74 Å². The highest BCUT2D eigenvalue weighted by molar-refractivity contribution is 5.90. The molecule has 1 aromatic rings. The van der Waals surface area contributed by atoms with Gasteiger partial charge >= 0.3 is 5.97 Å². The Bertz CT molecular complexity index is 485. The summed E-state index contributed by atoms with van der Waals surface area (Å²) in [4.78, 5) is 14.4. The zero-order valence-electron chi connectivity index (χ0n) is 12.3. The lowest BCUT2D eigenvalue weighted by Crippen LogP contribution is -2.36. The van der Waals surface area contributed by atoms with E-state index in [0.29, 0.717) is 18.2 Å². The SMILES string of the molecule is CCOC(=O)c1cnn(C2CCN(C3CC3)CC2)c1C. The first-order valence-electron chi connectivity index (χ1n) is 7.66. The summed E-state index contributed by atoms with van der Waals surface area (Å²) in [7, 11) is 0. The number of carbonyl (C=O) groups is 1. The Morgan fingerprint density at radius 2 is 2.00 bits per heavy atom. The van der Waals surface area contributed by atoms with E-state index in [1.807, 2.05) is 18.5 Å².